The summed E-state index contributed by atoms with van der Waals surface area (Å²) < 4.78 is 37.1. The zero-order chi connectivity index (χ0) is 15.3. The zero-order valence-corrected chi connectivity index (χ0v) is 11.9. The van der Waals surface area contributed by atoms with Crippen LogP contribution >= 0.6 is 0 Å². The van der Waals surface area contributed by atoms with Gasteiger partial charge in [0.1, 0.15) is 0 Å². The van der Waals surface area contributed by atoms with E-state index in [1.807, 2.05) is 6.92 Å². The Labute approximate surface area is 117 Å². The van der Waals surface area contributed by atoms with Crippen molar-refractivity contribution in [2.45, 2.75) is 38.5 Å². The molecular weight excluding hydrogens is 271 g/mol. The van der Waals surface area contributed by atoms with Gasteiger partial charge in [0, 0.05) is 31.7 Å². The fraction of sp³-hybridized carbons (Fsp3) is 0.769. The van der Waals surface area contributed by atoms with Crippen LogP contribution in [0, 0.1) is 0 Å². The number of hydrogen-bond acceptors (Lipinski definition) is 2. The highest BCUT2D eigenvalue weighted by Gasteiger charge is 2.35. The van der Waals surface area contributed by atoms with E-state index < -0.39 is 12.7 Å². The van der Waals surface area contributed by atoms with E-state index in [2.05, 4.69) is 11.9 Å². The number of nitrogens with one attached hydrogen (secondary N) is 1. The van der Waals surface area contributed by atoms with Crippen LogP contribution < -0.4 is 5.32 Å². The minimum absolute atomic E-state index is 0.0245. The van der Waals surface area contributed by atoms with Crippen LogP contribution in [0.1, 0.15) is 20.3 Å². The summed E-state index contributed by atoms with van der Waals surface area (Å²) in [5, 5.41) is 2.81. The van der Waals surface area contributed by atoms with Crippen LogP contribution in [0.25, 0.3) is 0 Å². The van der Waals surface area contributed by atoms with Gasteiger partial charge >= 0.3 is 12.2 Å². The Morgan fingerprint density at radius 3 is 2.65 bits per heavy atom. The molecule has 116 valence electrons. The lowest BCUT2D eigenvalue weighted by Crippen LogP contribution is -2.58. The van der Waals surface area contributed by atoms with Gasteiger partial charge in [0.2, 0.25) is 0 Å². The summed E-state index contributed by atoms with van der Waals surface area (Å²) in [6.07, 6.45) is -1.82. The Hall–Kier alpha value is -1.24. The molecule has 1 saturated heterocycles. The molecule has 20 heavy (non-hydrogen) atoms. The van der Waals surface area contributed by atoms with Crippen LogP contribution in [-0.4, -0.2) is 60.3 Å². The molecule has 1 aliphatic rings. The maximum absolute atomic E-state index is 12.4. The fourth-order valence-corrected chi connectivity index (χ4v) is 2.26. The Balaban J connectivity index is 2.46. The van der Waals surface area contributed by atoms with Crippen LogP contribution in [0.15, 0.2) is 12.7 Å². The van der Waals surface area contributed by atoms with Crippen molar-refractivity contribution in [1.82, 2.24) is 15.1 Å². The molecule has 4 nitrogen and oxygen atoms in total. The minimum Gasteiger partial charge on any atom is -0.335 e. The zero-order valence-electron chi connectivity index (χ0n) is 11.9. The lowest BCUT2D eigenvalue weighted by Gasteiger charge is -2.40. The molecule has 0 saturated carbocycles. The number of piperazine rings is 1. The number of carbonyl (C=O) groups is 1. The van der Waals surface area contributed by atoms with Crippen LogP contribution in [0.5, 0.6) is 0 Å². The predicted octanol–water partition coefficient (Wildman–Crippen LogP) is 2.23. The molecule has 7 heteroatoms. The summed E-state index contributed by atoms with van der Waals surface area (Å²) in [6, 6.07) is -0.549. The molecule has 0 aromatic heterocycles. The van der Waals surface area contributed by atoms with Gasteiger partial charge in [0.15, 0.2) is 0 Å². The number of amides is 2. The van der Waals surface area contributed by atoms with E-state index >= 15 is 0 Å². The van der Waals surface area contributed by atoms with E-state index in [4.69, 9.17) is 0 Å². The second-order valence-corrected chi connectivity index (χ2v) is 5.26. The van der Waals surface area contributed by atoms with E-state index in [1.165, 1.54) is 4.90 Å². The van der Waals surface area contributed by atoms with Gasteiger partial charge in [-0.2, -0.15) is 13.2 Å². The third kappa shape index (κ3) is 5.40. The van der Waals surface area contributed by atoms with Crippen LogP contribution in [0.4, 0.5) is 18.0 Å². The van der Waals surface area contributed by atoms with Gasteiger partial charge in [-0.15, -0.1) is 6.58 Å². The summed E-state index contributed by atoms with van der Waals surface area (Å²) in [5.74, 6) is 0. The molecule has 0 aromatic carbocycles. The SMILES string of the molecule is C=CCC(C)NC(=O)N1CCN(CC(F)(F)F)C(C)C1. The molecule has 0 aliphatic carbocycles. The Bertz CT molecular complexity index is 346. The van der Waals surface area contributed by atoms with Crippen molar-refractivity contribution in [3.63, 3.8) is 0 Å². The molecule has 1 fully saturated rings. The number of carbonyl (C=O) groups excluding carboxylic acids is 1. The molecule has 1 heterocycles. The smallest absolute Gasteiger partial charge is 0.335 e. The molecule has 2 amide bonds. The average Bonchev–Trinajstić information content (AvgIpc) is 2.30. The Kier molecular flexibility index (Phi) is 5.86. The van der Waals surface area contributed by atoms with E-state index in [9.17, 15) is 18.0 Å². The second kappa shape index (κ2) is 6.97. The molecule has 1 N–H and O–H groups in total. The third-order valence-corrected chi connectivity index (χ3v) is 3.32. The van der Waals surface area contributed by atoms with Gasteiger partial charge < -0.3 is 10.2 Å². The van der Waals surface area contributed by atoms with Crippen molar-refractivity contribution in [1.29, 1.82) is 0 Å². The summed E-state index contributed by atoms with van der Waals surface area (Å²) in [5.41, 5.74) is 0. The normalized spacial score (nSPS) is 22.4. The number of halogens is 3. The van der Waals surface area contributed by atoms with E-state index in [0.29, 0.717) is 19.5 Å². The molecule has 0 radical (unpaired) electrons. The van der Waals surface area contributed by atoms with E-state index in [0.717, 1.165) is 0 Å². The average molecular weight is 293 g/mol. The molecule has 2 atom stereocenters. The van der Waals surface area contributed by atoms with Crippen molar-refractivity contribution in [2.75, 3.05) is 26.2 Å². The number of urea groups is 1. The van der Waals surface area contributed by atoms with Crippen LogP contribution in [0.2, 0.25) is 0 Å². The van der Waals surface area contributed by atoms with Gasteiger partial charge in [-0.05, 0) is 20.3 Å². The molecule has 0 spiro atoms. The maximum atomic E-state index is 12.4. The standard InChI is InChI=1S/C13H22F3N3O/c1-4-5-10(2)17-12(20)18-6-7-19(11(3)8-18)9-13(14,15)16/h4,10-11H,1,5-9H2,2-3H3,(H,17,20). The van der Waals surface area contributed by atoms with E-state index in [1.54, 1.807) is 17.9 Å². The molecule has 0 aromatic rings. The third-order valence-electron chi connectivity index (χ3n) is 3.32. The van der Waals surface area contributed by atoms with Crippen molar-refractivity contribution in [2.24, 2.45) is 0 Å². The fourth-order valence-electron chi connectivity index (χ4n) is 2.26. The molecule has 2 unspecified atom stereocenters. The largest absolute Gasteiger partial charge is 0.401 e. The molecular formula is C13H22F3N3O. The summed E-state index contributed by atoms with van der Waals surface area (Å²) in [7, 11) is 0. The first-order valence-corrected chi connectivity index (χ1v) is 6.70. The van der Waals surface area contributed by atoms with Crippen LogP contribution in [-0.2, 0) is 0 Å². The lowest BCUT2D eigenvalue weighted by molar-refractivity contribution is -0.153. The minimum atomic E-state index is -4.20. The van der Waals surface area contributed by atoms with Gasteiger partial charge in [0.05, 0.1) is 6.54 Å². The highest BCUT2D eigenvalue weighted by molar-refractivity contribution is 5.74. The maximum Gasteiger partial charge on any atom is 0.401 e. The number of nitrogens with zero attached hydrogens (tertiary/aromatic N) is 2. The van der Waals surface area contributed by atoms with E-state index in [-0.39, 0.29) is 24.7 Å². The van der Waals surface area contributed by atoms with Crippen molar-refractivity contribution >= 4 is 6.03 Å². The molecule has 0 bridgehead atoms. The van der Waals surface area contributed by atoms with Gasteiger partial charge in [-0.25, -0.2) is 4.79 Å². The highest BCUT2D eigenvalue weighted by atomic mass is 19.4. The first-order valence-electron chi connectivity index (χ1n) is 6.70. The monoisotopic (exact) mass is 293 g/mol. The van der Waals surface area contributed by atoms with Crippen molar-refractivity contribution < 1.29 is 18.0 Å². The quantitative estimate of drug-likeness (QED) is 0.807. The summed E-state index contributed by atoms with van der Waals surface area (Å²) >= 11 is 0. The first-order chi connectivity index (χ1) is 9.23. The number of alkyl halides is 3. The summed E-state index contributed by atoms with van der Waals surface area (Å²) in [6.45, 7) is 7.11. The summed E-state index contributed by atoms with van der Waals surface area (Å²) in [4.78, 5) is 14.9. The predicted molar refractivity (Wildman–Crippen MR) is 71.5 cm³/mol. The Morgan fingerprint density at radius 1 is 1.50 bits per heavy atom. The first kappa shape index (κ1) is 16.8. The van der Waals surface area contributed by atoms with Crippen LogP contribution in [0.3, 0.4) is 0 Å². The van der Waals surface area contributed by atoms with Gasteiger partial charge in [-0.3, -0.25) is 4.90 Å². The highest BCUT2D eigenvalue weighted by Crippen LogP contribution is 2.20. The van der Waals surface area contributed by atoms with Gasteiger partial charge in [-0.1, -0.05) is 6.08 Å². The van der Waals surface area contributed by atoms with Crippen molar-refractivity contribution in [3.05, 3.63) is 12.7 Å². The Morgan fingerprint density at radius 2 is 2.15 bits per heavy atom. The molecule has 1 aliphatic heterocycles. The number of hydrogen-bond donors (Lipinski definition) is 1. The van der Waals surface area contributed by atoms with Crippen molar-refractivity contribution in [3.8, 4) is 0 Å². The lowest BCUT2D eigenvalue weighted by atomic mass is 10.2. The topological polar surface area (TPSA) is 35.6 Å². The van der Waals surface area contributed by atoms with Gasteiger partial charge in [0.25, 0.3) is 0 Å². The second-order valence-electron chi connectivity index (χ2n) is 5.26. The molecule has 1 rings (SSSR count). The number of rotatable bonds is 4.